The van der Waals surface area contributed by atoms with Crippen LogP contribution in [-0.2, 0) is 6.61 Å². The number of carbonyl (C=O) groups is 1. The van der Waals surface area contributed by atoms with Gasteiger partial charge in [0.1, 0.15) is 23.8 Å². The number of pyridine rings is 1. The molecule has 0 aliphatic carbocycles. The Morgan fingerprint density at radius 3 is 2.62 bits per heavy atom. The number of aryl methyl sites for hydroxylation is 1. The number of hydrogen-bond acceptors (Lipinski definition) is 4. The number of benzene rings is 2. The normalized spacial score (nSPS) is 10.7. The number of anilines is 1. The smallest absolute Gasteiger partial charge is 0.255 e. The van der Waals surface area contributed by atoms with Gasteiger partial charge in [-0.15, -0.1) is 0 Å². The summed E-state index contributed by atoms with van der Waals surface area (Å²) in [6.45, 7) is 2.40. The van der Waals surface area contributed by atoms with Crippen LogP contribution in [0.4, 0.5) is 5.69 Å². The average molecular weight is 387 g/mol. The Labute approximate surface area is 168 Å². The van der Waals surface area contributed by atoms with Crippen molar-refractivity contribution in [3.63, 3.8) is 0 Å². The molecule has 2 aromatic carbocycles. The van der Waals surface area contributed by atoms with Gasteiger partial charge in [-0.1, -0.05) is 18.2 Å². The molecule has 0 saturated carbocycles. The largest absolute Gasteiger partial charge is 0.495 e. The molecule has 6 nitrogen and oxygen atoms in total. The molecular formula is C23H21N3O3. The predicted octanol–water partition coefficient (Wildman–Crippen LogP) is 4.48. The Morgan fingerprint density at radius 2 is 1.83 bits per heavy atom. The van der Waals surface area contributed by atoms with E-state index in [9.17, 15) is 4.79 Å². The van der Waals surface area contributed by atoms with Crippen molar-refractivity contribution in [2.75, 3.05) is 12.4 Å². The fraction of sp³-hybridized carbons (Fsp3) is 0.130. The van der Waals surface area contributed by atoms with Gasteiger partial charge in [-0.3, -0.25) is 4.79 Å². The molecule has 0 atom stereocenters. The molecule has 0 aliphatic heterocycles. The molecule has 2 heterocycles. The quantitative estimate of drug-likeness (QED) is 0.530. The van der Waals surface area contributed by atoms with Crippen LogP contribution in [0.1, 0.15) is 21.6 Å². The van der Waals surface area contributed by atoms with E-state index in [-0.39, 0.29) is 5.91 Å². The van der Waals surface area contributed by atoms with Crippen LogP contribution in [0.5, 0.6) is 11.5 Å². The second-order valence-corrected chi connectivity index (χ2v) is 6.67. The number of methoxy groups -OCH3 is 1. The van der Waals surface area contributed by atoms with Crippen LogP contribution in [-0.4, -0.2) is 22.4 Å². The lowest BCUT2D eigenvalue weighted by Crippen LogP contribution is -2.12. The van der Waals surface area contributed by atoms with Gasteiger partial charge in [0.2, 0.25) is 0 Å². The fourth-order valence-corrected chi connectivity index (χ4v) is 3.03. The molecule has 0 aliphatic rings. The Hall–Kier alpha value is -3.80. The van der Waals surface area contributed by atoms with Crippen LogP contribution in [0, 0.1) is 6.92 Å². The minimum atomic E-state index is -0.211. The highest BCUT2D eigenvalue weighted by molar-refractivity contribution is 6.05. The third kappa shape index (κ3) is 4.21. The van der Waals surface area contributed by atoms with Gasteiger partial charge in [-0.2, -0.15) is 0 Å². The number of fused-ring (bicyclic) bond motifs is 1. The minimum Gasteiger partial charge on any atom is -0.495 e. The van der Waals surface area contributed by atoms with Gasteiger partial charge < -0.3 is 19.2 Å². The van der Waals surface area contributed by atoms with Crippen molar-refractivity contribution in [3.05, 3.63) is 89.9 Å². The number of hydrogen-bond donors (Lipinski definition) is 1. The Kier molecular flexibility index (Phi) is 5.16. The summed E-state index contributed by atoms with van der Waals surface area (Å²) in [5, 5.41) is 2.86. The van der Waals surface area contributed by atoms with Crippen molar-refractivity contribution in [3.8, 4) is 11.5 Å². The SMILES string of the molecule is COc1ccccc1NC(=O)c1ccc(OCc2cn3cc(C)ccc3n2)cc1. The Morgan fingerprint density at radius 1 is 1.03 bits per heavy atom. The van der Waals surface area contributed by atoms with Crippen molar-refractivity contribution in [2.45, 2.75) is 13.5 Å². The van der Waals surface area contributed by atoms with Crippen LogP contribution in [0.15, 0.2) is 73.1 Å². The first-order valence-corrected chi connectivity index (χ1v) is 9.24. The van der Waals surface area contributed by atoms with E-state index in [0.29, 0.717) is 29.4 Å². The molecule has 29 heavy (non-hydrogen) atoms. The molecule has 0 fully saturated rings. The van der Waals surface area contributed by atoms with Crippen molar-refractivity contribution >= 4 is 17.2 Å². The number of nitrogens with one attached hydrogen (secondary N) is 1. The molecule has 6 heteroatoms. The molecule has 4 rings (SSSR count). The summed E-state index contributed by atoms with van der Waals surface area (Å²) in [5.74, 6) is 1.08. The summed E-state index contributed by atoms with van der Waals surface area (Å²) in [6.07, 6.45) is 3.98. The van der Waals surface area contributed by atoms with E-state index in [2.05, 4.69) is 10.3 Å². The summed E-state index contributed by atoms with van der Waals surface area (Å²) in [6, 6.07) is 18.3. The summed E-state index contributed by atoms with van der Waals surface area (Å²) in [7, 11) is 1.57. The molecule has 0 radical (unpaired) electrons. The van der Waals surface area contributed by atoms with Gasteiger partial charge in [-0.25, -0.2) is 4.98 Å². The first kappa shape index (κ1) is 18.6. The van der Waals surface area contributed by atoms with E-state index < -0.39 is 0 Å². The van der Waals surface area contributed by atoms with Gasteiger partial charge in [0, 0.05) is 18.0 Å². The maximum Gasteiger partial charge on any atom is 0.255 e. The average Bonchev–Trinajstić information content (AvgIpc) is 3.15. The van der Waals surface area contributed by atoms with E-state index in [0.717, 1.165) is 11.3 Å². The topological polar surface area (TPSA) is 64.9 Å². The Balaban J connectivity index is 1.40. The number of ether oxygens (including phenoxy) is 2. The highest BCUT2D eigenvalue weighted by Crippen LogP contribution is 2.24. The number of amides is 1. The number of carbonyl (C=O) groups excluding carboxylic acids is 1. The van der Waals surface area contributed by atoms with E-state index in [1.165, 1.54) is 5.56 Å². The molecule has 146 valence electrons. The third-order valence-corrected chi connectivity index (χ3v) is 4.51. The summed E-state index contributed by atoms with van der Waals surface area (Å²) in [5.41, 5.74) is 4.06. The molecule has 1 N–H and O–H groups in total. The number of para-hydroxylation sites is 2. The fourth-order valence-electron chi connectivity index (χ4n) is 3.03. The number of nitrogens with zero attached hydrogens (tertiary/aromatic N) is 2. The molecule has 0 unspecified atom stereocenters. The highest BCUT2D eigenvalue weighted by Gasteiger charge is 2.10. The van der Waals surface area contributed by atoms with Crippen LogP contribution < -0.4 is 14.8 Å². The zero-order valence-corrected chi connectivity index (χ0v) is 16.3. The maximum atomic E-state index is 12.5. The number of aromatic nitrogens is 2. The summed E-state index contributed by atoms with van der Waals surface area (Å²) < 4.78 is 13.1. The molecular weight excluding hydrogens is 366 g/mol. The predicted molar refractivity (Wildman–Crippen MR) is 112 cm³/mol. The molecule has 4 aromatic rings. The number of imidazole rings is 1. The second kappa shape index (κ2) is 8.06. The number of rotatable bonds is 6. The van der Waals surface area contributed by atoms with Gasteiger partial charge >= 0.3 is 0 Å². The van der Waals surface area contributed by atoms with E-state index >= 15 is 0 Å². The lowest BCUT2D eigenvalue weighted by Gasteiger charge is -2.10. The molecule has 0 spiro atoms. The first-order chi connectivity index (χ1) is 14.1. The van der Waals surface area contributed by atoms with Gasteiger partial charge in [-0.05, 0) is 55.0 Å². The van der Waals surface area contributed by atoms with Gasteiger partial charge in [0.05, 0.1) is 18.5 Å². The lowest BCUT2D eigenvalue weighted by molar-refractivity contribution is 0.102. The third-order valence-electron chi connectivity index (χ3n) is 4.51. The summed E-state index contributed by atoms with van der Waals surface area (Å²) in [4.78, 5) is 17.0. The molecule has 0 saturated heterocycles. The second-order valence-electron chi connectivity index (χ2n) is 6.67. The zero-order chi connectivity index (χ0) is 20.2. The van der Waals surface area contributed by atoms with Crippen LogP contribution >= 0.6 is 0 Å². The van der Waals surface area contributed by atoms with Crippen molar-refractivity contribution < 1.29 is 14.3 Å². The summed E-state index contributed by atoms with van der Waals surface area (Å²) >= 11 is 0. The minimum absolute atomic E-state index is 0.211. The van der Waals surface area contributed by atoms with E-state index in [4.69, 9.17) is 9.47 Å². The lowest BCUT2D eigenvalue weighted by atomic mass is 10.2. The molecule has 1 amide bonds. The van der Waals surface area contributed by atoms with Crippen LogP contribution in [0.2, 0.25) is 0 Å². The van der Waals surface area contributed by atoms with Gasteiger partial charge in [0.25, 0.3) is 5.91 Å². The van der Waals surface area contributed by atoms with Crippen molar-refractivity contribution in [2.24, 2.45) is 0 Å². The van der Waals surface area contributed by atoms with Crippen molar-refractivity contribution in [1.29, 1.82) is 0 Å². The van der Waals surface area contributed by atoms with Crippen LogP contribution in [0.25, 0.3) is 5.65 Å². The zero-order valence-electron chi connectivity index (χ0n) is 16.3. The maximum absolute atomic E-state index is 12.5. The van der Waals surface area contributed by atoms with E-state index in [1.807, 2.05) is 48.0 Å². The first-order valence-electron chi connectivity index (χ1n) is 9.24. The van der Waals surface area contributed by atoms with E-state index in [1.54, 1.807) is 43.5 Å². The molecule has 0 bridgehead atoms. The molecule has 2 aromatic heterocycles. The van der Waals surface area contributed by atoms with Gasteiger partial charge in [0.15, 0.2) is 0 Å². The van der Waals surface area contributed by atoms with Crippen LogP contribution in [0.3, 0.4) is 0 Å². The monoisotopic (exact) mass is 387 g/mol. The standard InChI is InChI=1S/C23H21N3O3/c1-16-7-12-22-24-18(14-26(22)13-16)15-29-19-10-8-17(9-11-19)23(27)25-20-5-3-4-6-21(20)28-2/h3-14H,15H2,1-2H3,(H,25,27). The Bertz CT molecular complexity index is 1150. The highest BCUT2D eigenvalue weighted by atomic mass is 16.5. The van der Waals surface area contributed by atoms with Crippen molar-refractivity contribution in [1.82, 2.24) is 9.38 Å².